The van der Waals surface area contributed by atoms with Gasteiger partial charge in [-0.3, -0.25) is 0 Å². The van der Waals surface area contributed by atoms with Crippen LogP contribution in [0.2, 0.25) is 10.0 Å². The first-order valence-electron chi connectivity index (χ1n) is 47.7. The Kier molecular flexibility index (Phi) is 35.2. The summed E-state index contributed by atoms with van der Waals surface area (Å²) in [5.74, 6) is 1.37. The smallest absolute Gasteiger partial charge is 0.114 e. The van der Waals surface area contributed by atoms with E-state index in [1.165, 1.54) is 368 Å². The average Bonchev–Trinajstić information content (AvgIpc) is 1.55. The number of hydrogen-bond acceptors (Lipinski definition) is 16. The lowest BCUT2D eigenvalue weighted by Crippen LogP contribution is -2.01. The summed E-state index contributed by atoms with van der Waals surface area (Å²) < 4.78 is 14.4. The lowest BCUT2D eigenvalue weighted by atomic mass is 9.95. The summed E-state index contributed by atoms with van der Waals surface area (Å²) >= 11 is 38.1. The lowest BCUT2D eigenvalue weighted by molar-refractivity contribution is 0.452. The zero-order valence-electron chi connectivity index (χ0n) is 75.1. The Labute approximate surface area is 799 Å². The molecule has 3 aromatic carbocycles. The van der Waals surface area contributed by atoms with Gasteiger partial charge in [-0.15, -0.1) is 124 Å². The van der Waals surface area contributed by atoms with Crippen molar-refractivity contribution in [3.8, 4) is 100 Å². The van der Waals surface area contributed by atoms with Gasteiger partial charge in [-0.2, -0.15) is 0 Å². The lowest BCUT2D eigenvalue weighted by Gasteiger charge is -2.13. The predicted molar refractivity (Wildman–Crippen MR) is 568 cm³/mol. The van der Waals surface area contributed by atoms with E-state index in [1.807, 2.05) is 45.3 Å². The van der Waals surface area contributed by atoms with E-state index in [-0.39, 0.29) is 0 Å². The van der Waals surface area contributed by atoms with Crippen molar-refractivity contribution < 1.29 is 0 Å². The van der Waals surface area contributed by atoms with Crippen LogP contribution >= 0.6 is 160 Å². The van der Waals surface area contributed by atoms with Crippen LogP contribution < -0.4 is 0 Å². The van der Waals surface area contributed by atoms with Crippen molar-refractivity contribution >= 4 is 200 Å². The second kappa shape index (κ2) is 46.5. The molecule has 2 atom stereocenters. The molecule has 0 aliphatic carbocycles. The Bertz CT molecular complexity index is 5510. The van der Waals surface area contributed by atoms with Gasteiger partial charge >= 0.3 is 0 Å². The first-order valence-corrected chi connectivity index (χ1v) is 58.2. The van der Waals surface area contributed by atoms with Crippen LogP contribution in [0, 0.1) is 11.8 Å². The average molecular weight is 1910 g/mol. The molecule has 658 valence electrons. The van der Waals surface area contributed by atoms with Gasteiger partial charge in [0.15, 0.2) is 0 Å². The summed E-state index contributed by atoms with van der Waals surface area (Å²) in [6.45, 7) is 23.5. The number of fused-ring (bicyclic) bond motifs is 4. The molecular formula is C106H128Cl2N4S12. The number of thiophene rings is 10. The maximum absolute atomic E-state index is 7.36. The van der Waals surface area contributed by atoms with Crippen molar-refractivity contribution in [2.45, 2.75) is 326 Å². The second-order valence-corrected chi connectivity index (χ2v) is 48.1. The fourth-order valence-corrected chi connectivity index (χ4v) is 33.2. The first-order chi connectivity index (χ1) is 60.9. The summed E-state index contributed by atoms with van der Waals surface area (Å²) in [7, 11) is 0. The van der Waals surface area contributed by atoms with Crippen LogP contribution in [0.1, 0.15) is 318 Å². The maximum Gasteiger partial charge on any atom is 0.114 e. The molecule has 0 amide bonds. The standard InChI is InChI=1S/C106H128Cl2N4S12/c1-11-21-29-35-43-69-59-89(77-63-81(107)75(47-39-33-25-15-5)105-97(77)109-111-123-105)117-99(69)85-53-55-87(115-85)101-71(45-37-31-23-13-3)61-91(119-101)93-65-79-95(83-51-49-73(113-83)57-67(19-9)41-27-17-7)104-80(96(103(79)121-93)84-52-50-74(114-84)58-68(20-10)42-28-18-8)66-94(122-104)92-62-72(46-38-32-24-14-4)102(120-92)88-56-54-86(116-88)100-70(44-36-30-22-12-2)60-90(118-100)78-64-82(108)76(48-40-34-26-16-6)106-98(78)110-112-124-106/h49-56,59-68H,11-48,57-58H2,1-10H3. The minimum atomic E-state index is 0.686. The van der Waals surface area contributed by atoms with E-state index in [2.05, 4.69) is 243 Å². The number of rotatable bonds is 52. The largest absolute Gasteiger partial charge is 0.140 e. The van der Waals surface area contributed by atoms with Crippen molar-refractivity contribution in [2.75, 3.05) is 0 Å². The highest BCUT2D eigenvalue weighted by Gasteiger charge is 2.30. The third-order valence-corrected chi connectivity index (χ3v) is 40.5. The van der Waals surface area contributed by atoms with E-state index >= 15 is 0 Å². The highest BCUT2D eigenvalue weighted by atomic mass is 35.5. The molecule has 0 saturated heterocycles. The molecule has 0 spiro atoms. The molecule has 124 heavy (non-hydrogen) atoms. The van der Waals surface area contributed by atoms with Gasteiger partial charge in [-0.05, 0) is 255 Å². The van der Waals surface area contributed by atoms with Gasteiger partial charge in [0.2, 0.25) is 0 Å². The normalized spacial score (nSPS) is 12.6. The summed E-state index contributed by atoms with van der Waals surface area (Å²) in [6, 6.07) is 40.1. The van der Waals surface area contributed by atoms with Gasteiger partial charge in [0.1, 0.15) is 11.0 Å². The molecular weight excluding hydrogens is 1780 g/mol. The molecule has 0 fully saturated rings. The van der Waals surface area contributed by atoms with Crippen molar-refractivity contribution in [1.82, 2.24) is 19.2 Å². The molecule has 0 bridgehead atoms. The maximum atomic E-state index is 7.36. The molecule has 15 aromatic rings. The minimum absolute atomic E-state index is 0.686. The SMILES string of the molecule is CCCCCCc1cc(-c2cc3c(-c4ccc(CC(CC)CCCC)s4)c4sc(-c5cc(CCCCCC)c(-c6ccc(-c7sc(-c8cc(Cl)c(CCCCCC)c9snnc89)cc7CCCCCC)s6)s5)cc4c(-c4ccc(CC(CC)CCCC)s4)c3s2)sc1-c1ccc(-c2sc(-c3cc(Cl)c(CCCCCC)c4snnc34)cc2CCCCCC)s1. The van der Waals surface area contributed by atoms with Crippen LogP contribution in [0.4, 0.5) is 0 Å². The number of aryl methyl sites for hydroxylation is 6. The Hall–Kier alpha value is -4.60. The molecule has 4 nitrogen and oxygen atoms in total. The Morgan fingerprint density at radius 1 is 0.274 bits per heavy atom. The number of aromatic nitrogens is 4. The van der Waals surface area contributed by atoms with Crippen molar-refractivity contribution in [1.29, 1.82) is 0 Å². The monoisotopic (exact) mass is 1910 g/mol. The van der Waals surface area contributed by atoms with Crippen LogP contribution in [0.25, 0.3) is 141 Å². The van der Waals surface area contributed by atoms with Crippen LogP contribution in [-0.4, -0.2) is 19.2 Å². The molecule has 18 heteroatoms. The Morgan fingerprint density at radius 2 is 0.581 bits per heavy atom. The topological polar surface area (TPSA) is 51.6 Å². The molecule has 0 N–H and O–H groups in total. The first kappa shape index (κ1) is 94.1. The number of hydrogen-bond donors (Lipinski definition) is 0. The van der Waals surface area contributed by atoms with Crippen LogP contribution in [0.5, 0.6) is 0 Å². The quantitative estimate of drug-likeness (QED) is 0.0357. The van der Waals surface area contributed by atoms with Crippen LogP contribution in [0.3, 0.4) is 0 Å². The Balaban J connectivity index is 0.862. The van der Waals surface area contributed by atoms with Gasteiger partial charge in [0, 0.05) is 140 Å². The molecule has 12 heterocycles. The Morgan fingerprint density at radius 3 is 0.911 bits per heavy atom. The minimum Gasteiger partial charge on any atom is -0.140 e. The van der Waals surface area contributed by atoms with E-state index in [4.69, 9.17) is 33.4 Å². The number of halogens is 2. The zero-order valence-corrected chi connectivity index (χ0v) is 86.4. The second-order valence-electron chi connectivity index (χ2n) is 35.0. The van der Waals surface area contributed by atoms with E-state index in [1.54, 1.807) is 0 Å². The zero-order chi connectivity index (χ0) is 86.0. The molecule has 0 aliphatic heterocycles. The number of benzene rings is 3. The summed E-state index contributed by atoms with van der Waals surface area (Å²) in [4.78, 5) is 25.2. The fourth-order valence-electron chi connectivity index (χ4n) is 18.3. The van der Waals surface area contributed by atoms with Gasteiger partial charge < -0.3 is 0 Å². The van der Waals surface area contributed by atoms with Crippen molar-refractivity contribution in [2.24, 2.45) is 11.8 Å². The summed E-state index contributed by atoms with van der Waals surface area (Å²) in [5, 5.41) is 14.3. The summed E-state index contributed by atoms with van der Waals surface area (Å²) in [5.41, 5.74) is 15.5. The van der Waals surface area contributed by atoms with E-state index < -0.39 is 0 Å². The van der Waals surface area contributed by atoms with Gasteiger partial charge in [0.05, 0.1) is 9.40 Å². The van der Waals surface area contributed by atoms with Crippen LogP contribution in [-0.2, 0) is 51.4 Å². The molecule has 15 rings (SSSR count). The molecule has 0 saturated carbocycles. The highest BCUT2D eigenvalue weighted by molar-refractivity contribution is 7.32. The fraction of sp³-hybridized carbons (Fsp3) is 0.491. The number of unbranched alkanes of at least 4 members (excludes halogenated alkanes) is 20. The van der Waals surface area contributed by atoms with Crippen LogP contribution in [0.15, 0.2) is 97.1 Å². The molecule has 0 radical (unpaired) electrons. The highest BCUT2D eigenvalue weighted by Crippen LogP contribution is 2.59. The molecule has 0 aliphatic rings. The number of nitrogens with zero attached hydrogens (tertiary/aromatic N) is 4. The van der Waals surface area contributed by atoms with E-state index in [0.29, 0.717) is 11.8 Å². The van der Waals surface area contributed by atoms with E-state index in [0.717, 1.165) is 106 Å². The van der Waals surface area contributed by atoms with Gasteiger partial charge in [-0.1, -0.05) is 268 Å². The third-order valence-electron chi connectivity index (χ3n) is 25.6. The summed E-state index contributed by atoms with van der Waals surface area (Å²) in [6.07, 6.45) is 47.9. The van der Waals surface area contributed by atoms with Crippen molar-refractivity contribution in [3.63, 3.8) is 0 Å². The third kappa shape index (κ3) is 22.2. The van der Waals surface area contributed by atoms with Gasteiger partial charge in [-0.25, -0.2) is 0 Å². The molecule has 12 aromatic heterocycles. The molecule has 2 unspecified atom stereocenters. The predicted octanol–water partition coefficient (Wildman–Crippen LogP) is 40.8. The van der Waals surface area contributed by atoms with Gasteiger partial charge in [0.25, 0.3) is 0 Å². The van der Waals surface area contributed by atoms with E-state index in [9.17, 15) is 0 Å². The van der Waals surface area contributed by atoms with Crippen molar-refractivity contribution in [3.05, 3.63) is 150 Å².